The third-order valence-electron chi connectivity index (χ3n) is 4.95. The van der Waals surface area contributed by atoms with E-state index in [1.807, 2.05) is 0 Å². The summed E-state index contributed by atoms with van der Waals surface area (Å²) in [6.45, 7) is 1.06. The van der Waals surface area contributed by atoms with E-state index in [2.05, 4.69) is 4.98 Å². The minimum absolute atomic E-state index is 0.0917. The second-order valence-electron chi connectivity index (χ2n) is 6.65. The molecule has 1 heterocycles. The zero-order chi connectivity index (χ0) is 18.1. The molecule has 2 rings (SSSR count). The van der Waals surface area contributed by atoms with Crippen LogP contribution in [0.2, 0.25) is 0 Å². The zero-order valence-electron chi connectivity index (χ0n) is 15.3. The number of rotatable bonds is 7. The van der Waals surface area contributed by atoms with Crippen molar-refractivity contribution < 1.29 is 14.3 Å². The summed E-state index contributed by atoms with van der Waals surface area (Å²) in [5.74, 6) is 0.399. The third kappa shape index (κ3) is 6.03. The number of ether oxygens (including phenoxy) is 1. The van der Waals surface area contributed by atoms with Crippen LogP contribution in [0.5, 0.6) is 0 Å². The first kappa shape index (κ1) is 19.2. The number of carbonyl (C=O) groups excluding carboxylic acids is 2. The number of pyridine rings is 1. The molecule has 1 saturated carbocycles. The standard InChI is InChI=1S/C19H29N3O3/c1-21(17-8-12-20-13-9-17)19(24)22(15-11-18(23)25-2)14-10-16-6-4-3-5-7-16/h8-9,12-13,16H,3-7,10-11,14-15H2,1-2H3. The molecule has 0 unspecified atom stereocenters. The largest absolute Gasteiger partial charge is 0.469 e. The Bertz CT molecular complexity index is 544. The second kappa shape index (κ2) is 10.0. The molecule has 1 fully saturated rings. The second-order valence-corrected chi connectivity index (χ2v) is 6.65. The van der Waals surface area contributed by atoms with Gasteiger partial charge in [0.1, 0.15) is 0 Å². The fourth-order valence-electron chi connectivity index (χ4n) is 3.34. The maximum Gasteiger partial charge on any atom is 0.324 e. The molecule has 0 aliphatic heterocycles. The van der Waals surface area contributed by atoms with Gasteiger partial charge in [-0.3, -0.25) is 14.7 Å². The highest BCUT2D eigenvalue weighted by molar-refractivity contribution is 5.91. The van der Waals surface area contributed by atoms with Gasteiger partial charge in [-0.15, -0.1) is 0 Å². The van der Waals surface area contributed by atoms with Gasteiger partial charge in [-0.25, -0.2) is 4.79 Å². The van der Waals surface area contributed by atoms with E-state index in [4.69, 9.17) is 4.74 Å². The Labute approximate surface area is 150 Å². The van der Waals surface area contributed by atoms with Crippen molar-refractivity contribution in [2.24, 2.45) is 5.92 Å². The Morgan fingerprint density at radius 1 is 1.16 bits per heavy atom. The molecule has 2 amide bonds. The minimum atomic E-state index is -0.290. The Hall–Kier alpha value is -2.11. The first-order valence-corrected chi connectivity index (χ1v) is 9.11. The summed E-state index contributed by atoms with van der Waals surface area (Å²) in [4.78, 5) is 31.8. The number of urea groups is 1. The summed E-state index contributed by atoms with van der Waals surface area (Å²) < 4.78 is 4.72. The summed E-state index contributed by atoms with van der Waals surface area (Å²) in [5.41, 5.74) is 0.792. The molecule has 6 nitrogen and oxygen atoms in total. The first-order chi connectivity index (χ1) is 12.1. The predicted molar refractivity (Wildman–Crippen MR) is 97.4 cm³/mol. The molecule has 1 aromatic heterocycles. The summed E-state index contributed by atoms with van der Waals surface area (Å²) in [6, 6.07) is 3.51. The Kier molecular flexibility index (Phi) is 7.70. The van der Waals surface area contributed by atoms with Gasteiger partial charge in [-0.05, 0) is 24.5 Å². The maximum absolute atomic E-state index is 12.9. The van der Waals surface area contributed by atoms with E-state index in [-0.39, 0.29) is 18.4 Å². The molecule has 25 heavy (non-hydrogen) atoms. The van der Waals surface area contributed by atoms with Gasteiger partial charge >= 0.3 is 12.0 Å². The van der Waals surface area contributed by atoms with E-state index in [9.17, 15) is 9.59 Å². The molecular weight excluding hydrogens is 318 g/mol. The number of amides is 2. The van der Waals surface area contributed by atoms with Gasteiger partial charge in [-0.2, -0.15) is 0 Å². The van der Waals surface area contributed by atoms with Crippen LogP contribution in [0.1, 0.15) is 44.9 Å². The average molecular weight is 347 g/mol. The van der Waals surface area contributed by atoms with Crippen molar-refractivity contribution >= 4 is 17.7 Å². The zero-order valence-corrected chi connectivity index (χ0v) is 15.3. The topological polar surface area (TPSA) is 62.7 Å². The fraction of sp³-hybridized carbons (Fsp3) is 0.632. The van der Waals surface area contributed by atoms with Gasteiger partial charge in [0.25, 0.3) is 0 Å². The van der Waals surface area contributed by atoms with Crippen molar-refractivity contribution in [3.8, 4) is 0 Å². The van der Waals surface area contributed by atoms with Crippen LogP contribution in [-0.4, -0.2) is 49.1 Å². The van der Waals surface area contributed by atoms with Crippen molar-refractivity contribution in [3.63, 3.8) is 0 Å². The predicted octanol–water partition coefficient (Wildman–Crippen LogP) is 3.47. The normalized spacial score (nSPS) is 14.8. The number of carbonyl (C=O) groups is 2. The molecule has 0 N–H and O–H groups in total. The van der Waals surface area contributed by atoms with E-state index in [1.165, 1.54) is 39.2 Å². The number of esters is 1. The van der Waals surface area contributed by atoms with Crippen molar-refractivity contribution in [1.82, 2.24) is 9.88 Å². The number of nitrogens with zero attached hydrogens (tertiary/aromatic N) is 3. The lowest BCUT2D eigenvalue weighted by molar-refractivity contribution is -0.140. The monoisotopic (exact) mass is 347 g/mol. The minimum Gasteiger partial charge on any atom is -0.469 e. The summed E-state index contributed by atoms with van der Waals surface area (Å²) in [6.07, 6.45) is 11.0. The molecule has 0 aromatic carbocycles. The van der Waals surface area contributed by atoms with Gasteiger partial charge in [-0.1, -0.05) is 32.1 Å². The molecule has 0 bridgehead atoms. The number of aromatic nitrogens is 1. The lowest BCUT2D eigenvalue weighted by Crippen LogP contribution is -2.43. The number of hydrogen-bond donors (Lipinski definition) is 0. The van der Waals surface area contributed by atoms with Gasteiger partial charge in [0.05, 0.1) is 13.5 Å². The quantitative estimate of drug-likeness (QED) is 0.709. The molecule has 0 saturated heterocycles. The van der Waals surface area contributed by atoms with Crippen LogP contribution in [0.15, 0.2) is 24.5 Å². The van der Waals surface area contributed by atoms with E-state index in [1.54, 1.807) is 41.4 Å². The Morgan fingerprint density at radius 2 is 1.84 bits per heavy atom. The van der Waals surface area contributed by atoms with Crippen LogP contribution < -0.4 is 4.90 Å². The highest BCUT2D eigenvalue weighted by Crippen LogP contribution is 2.26. The highest BCUT2D eigenvalue weighted by Gasteiger charge is 2.22. The summed E-state index contributed by atoms with van der Waals surface area (Å²) >= 11 is 0. The molecule has 0 spiro atoms. The molecule has 1 aliphatic carbocycles. The van der Waals surface area contributed by atoms with Crippen molar-refractivity contribution in [3.05, 3.63) is 24.5 Å². The summed E-state index contributed by atoms with van der Waals surface area (Å²) in [7, 11) is 3.13. The van der Waals surface area contributed by atoms with Gasteiger partial charge in [0.2, 0.25) is 0 Å². The van der Waals surface area contributed by atoms with E-state index >= 15 is 0 Å². The number of hydrogen-bond acceptors (Lipinski definition) is 4. The van der Waals surface area contributed by atoms with Crippen LogP contribution >= 0.6 is 0 Å². The van der Waals surface area contributed by atoms with E-state index < -0.39 is 0 Å². The molecule has 0 radical (unpaired) electrons. The first-order valence-electron chi connectivity index (χ1n) is 9.11. The maximum atomic E-state index is 12.9. The SMILES string of the molecule is COC(=O)CCN(CCC1CCCCC1)C(=O)N(C)c1ccncc1. The van der Waals surface area contributed by atoms with Crippen LogP contribution in [0.25, 0.3) is 0 Å². The molecular formula is C19H29N3O3. The van der Waals surface area contributed by atoms with Crippen LogP contribution in [-0.2, 0) is 9.53 Å². The molecule has 6 heteroatoms. The fourth-order valence-corrected chi connectivity index (χ4v) is 3.34. The Morgan fingerprint density at radius 3 is 2.48 bits per heavy atom. The molecule has 138 valence electrons. The van der Waals surface area contributed by atoms with Crippen molar-refractivity contribution in [1.29, 1.82) is 0 Å². The van der Waals surface area contributed by atoms with Crippen LogP contribution in [0.4, 0.5) is 10.5 Å². The third-order valence-corrected chi connectivity index (χ3v) is 4.95. The van der Waals surface area contributed by atoms with Crippen molar-refractivity contribution in [2.45, 2.75) is 44.9 Å². The van der Waals surface area contributed by atoms with Crippen molar-refractivity contribution in [2.75, 3.05) is 32.1 Å². The Balaban J connectivity index is 1.98. The van der Waals surface area contributed by atoms with Crippen LogP contribution in [0, 0.1) is 5.92 Å². The lowest BCUT2D eigenvalue weighted by Gasteiger charge is -2.30. The van der Waals surface area contributed by atoms with Gasteiger partial charge in [0.15, 0.2) is 0 Å². The van der Waals surface area contributed by atoms with E-state index in [0.29, 0.717) is 19.0 Å². The van der Waals surface area contributed by atoms with Gasteiger partial charge in [0, 0.05) is 38.2 Å². The lowest BCUT2D eigenvalue weighted by atomic mass is 9.87. The summed E-state index contributed by atoms with van der Waals surface area (Å²) in [5, 5.41) is 0. The molecule has 1 aromatic rings. The number of methoxy groups -OCH3 is 1. The van der Waals surface area contributed by atoms with E-state index in [0.717, 1.165) is 12.1 Å². The van der Waals surface area contributed by atoms with Crippen LogP contribution in [0.3, 0.4) is 0 Å². The van der Waals surface area contributed by atoms with Gasteiger partial charge < -0.3 is 9.64 Å². The molecule has 1 aliphatic rings. The molecule has 0 atom stereocenters. The average Bonchev–Trinajstić information content (AvgIpc) is 2.68. The smallest absolute Gasteiger partial charge is 0.324 e. The number of anilines is 1. The highest BCUT2D eigenvalue weighted by atomic mass is 16.5.